The lowest BCUT2D eigenvalue weighted by atomic mass is 9.74. The van der Waals surface area contributed by atoms with E-state index in [2.05, 4.69) is 36.1 Å². The average molecular weight is 414 g/mol. The number of fused-ring (bicyclic) bond motifs is 1. The number of carbonyl (C=O) groups is 1. The maximum atomic E-state index is 13.1. The third-order valence-electron chi connectivity index (χ3n) is 6.75. The smallest absolute Gasteiger partial charge is 0.256 e. The van der Waals surface area contributed by atoms with Crippen LogP contribution in [0.2, 0.25) is 5.02 Å². The van der Waals surface area contributed by atoms with Gasteiger partial charge in [0, 0.05) is 35.2 Å². The zero-order chi connectivity index (χ0) is 20.4. The number of rotatable bonds is 5. The first-order valence-corrected chi connectivity index (χ1v) is 11.3. The molecule has 1 aromatic carbocycles. The number of nitrogens with zero attached hydrogens (tertiary/aromatic N) is 2. The number of amides is 1. The molecule has 2 atom stereocenters. The second-order valence-corrected chi connectivity index (χ2v) is 9.48. The highest BCUT2D eigenvalue weighted by atomic mass is 35.5. The Balaban J connectivity index is 1.35. The highest BCUT2D eigenvalue weighted by Gasteiger charge is 2.31. The SMILES string of the molecule is CN(C)CCC1CC=CC(C2CCN(C(=O)c3c[nH]c4cc(Cl)ccc34)CC2)C1. The van der Waals surface area contributed by atoms with Crippen molar-refractivity contribution in [1.82, 2.24) is 14.8 Å². The lowest BCUT2D eigenvalue weighted by Gasteiger charge is -2.37. The number of carbonyl (C=O) groups excluding carboxylic acids is 1. The van der Waals surface area contributed by atoms with Gasteiger partial charge >= 0.3 is 0 Å². The number of aromatic nitrogens is 1. The zero-order valence-electron chi connectivity index (χ0n) is 17.5. The summed E-state index contributed by atoms with van der Waals surface area (Å²) in [6.45, 7) is 2.89. The van der Waals surface area contributed by atoms with Crippen LogP contribution in [0.15, 0.2) is 36.5 Å². The van der Waals surface area contributed by atoms with Crippen LogP contribution in [0.5, 0.6) is 0 Å². The highest BCUT2D eigenvalue weighted by Crippen LogP contribution is 2.36. The Bertz CT molecular complexity index is 879. The van der Waals surface area contributed by atoms with Crippen molar-refractivity contribution < 1.29 is 4.79 Å². The molecule has 1 fully saturated rings. The van der Waals surface area contributed by atoms with Gasteiger partial charge in [0.05, 0.1) is 5.56 Å². The maximum absolute atomic E-state index is 13.1. The van der Waals surface area contributed by atoms with Crippen LogP contribution in [0.1, 0.15) is 42.5 Å². The average Bonchev–Trinajstić information content (AvgIpc) is 3.15. The van der Waals surface area contributed by atoms with E-state index >= 15 is 0 Å². The van der Waals surface area contributed by atoms with Gasteiger partial charge < -0.3 is 14.8 Å². The molecule has 0 spiro atoms. The summed E-state index contributed by atoms with van der Waals surface area (Å²) in [4.78, 5) is 20.6. The maximum Gasteiger partial charge on any atom is 0.256 e. The van der Waals surface area contributed by atoms with Crippen molar-refractivity contribution in [2.45, 2.75) is 32.1 Å². The Morgan fingerprint density at radius 3 is 2.83 bits per heavy atom. The Labute approximate surface area is 178 Å². The number of likely N-dealkylation sites (tertiary alicyclic amines) is 1. The molecular weight excluding hydrogens is 382 g/mol. The number of nitrogens with one attached hydrogen (secondary N) is 1. The first-order chi connectivity index (χ1) is 14.0. The van der Waals surface area contributed by atoms with Crippen molar-refractivity contribution in [1.29, 1.82) is 0 Å². The van der Waals surface area contributed by atoms with Crippen molar-refractivity contribution in [2.75, 3.05) is 33.7 Å². The second-order valence-electron chi connectivity index (χ2n) is 9.04. The summed E-state index contributed by atoms with van der Waals surface area (Å²) in [5.74, 6) is 2.34. The van der Waals surface area contributed by atoms with Gasteiger partial charge in [0.25, 0.3) is 5.91 Å². The standard InChI is InChI=1S/C24H32ClN3O/c1-27(2)11-8-17-4-3-5-19(14-17)18-9-12-28(13-10-18)24(29)22-16-26-23-15-20(25)6-7-21(22)23/h3,5-7,15-19,26H,4,8-14H2,1-2H3. The summed E-state index contributed by atoms with van der Waals surface area (Å²) in [7, 11) is 4.32. The Morgan fingerprint density at radius 1 is 1.28 bits per heavy atom. The molecule has 5 heteroatoms. The van der Waals surface area contributed by atoms with Gasteiger partial charge in [-0.2, -0.15) is 0 Å². The van der Waals surface area contributed by atoms with Crippen LogP contribution in [0.25, 0.3) is 10.9 Å². The van der Waals surface area contributed by atoms with Crippen LogP contribution in [-0.4, -0.2) is 54.4 Å². The Morgan fingerprint density at radius 2 is 2.07 bits per heavy atom. The number of hydrogen-bond acceptors (Lipinski definition) is 2. The number of aromatic amines is 1. The number of hydrogen-bond donors (Lipinski definition) is 1. The highest BCUT2D eigenvalue weighted by molar-refractivity contribution is 6.31. The third kappa shape index (κ3) is 4.70. The Kier molecular flexibility index (Phi) is 6.31. The molecule has 2 unspecified atom stereocenters. The number of piperidine rings is 1. The third-order valence-corrected chi connectivity index (χ3v) is 6.98. The predicted molar refractivity (Wildman–Crippen MR) is 120 cm³/mol. The molecule has 0 saturated carbocycles. The van der Waals surface area contributed by atoms with Crippen molar-refractivity contribution >= 4 is 28.4 Å². The summed E-state index contributed by atoms with van der Waals surface area (Å²) in [6, 6.07) is 5.67. The van der Waals surface area contributed by atoms with E-state index in [1.54, 1.807) is 0 Å². The number of halogens is 1. The molecule has 2 aliphatic rings. The van der Waals surface area contributed by atoms with Crippen molar-refractivity contribution in [3.8, 4) is 0 Å². The summed E-state index contributed by atoms with van der Waals surface area (Å²) < 4.78 is 0. The number of benzene rings is 1. The van der Waals surface area contributed by atoms with E-state index < -0.39 is 0 Å². The molecule has 1 aliphatic heterocycles. The first kappa shape index (κ1) is 20.5. The molecule has 0 radical (unpaired) electrons. The van der Waals surface area contributed by atoms with Crippen LogP contribution in [-0.2, 0) is 0 Å². The zero-order valence-corrected chi connectivity index (χ0v) is 18.3. The van der Waals surface area contributed by atoms with E-state index in [1.807, 2.05) is 29.3 Å². The summed E-state index contributed by atoms with van der Waals surface area (Å²) in [5.41, 5.74) is 1.68. The van der Waals surface area contributed by atoms with Crippen LogP contribution in [0.3, 0.4) is 0 Å². The molecule has 1 N–H and O–H groups in total. The van der Waals surface area contributed by atoms with Gasteiger partial charge in [0.2, 0.25) is 0 Å². The topological polar surface area (TPSA) is 39.3 Å². The minimum atomic E-state index is 0.139. The summed E-state index contributed by atoms with van der Waals surface area (Å²) in [6.07, 6.45) is 12.7. The molecule has 2 heterocycles. The summed E-state index contributed by atoms with van der Waals surface area (Å²) in [5, 5.41) is 1.64. The normalized spacial score (nSPS) is 23.2. The molecule has 0 bridgehead atoms. The van der Waals surface area contributed by atoms with Gasteiger partial charge in [-0.15, -0.1) is 0 Å². The van der Waals surface area contributed by atoms with E-state index in [1.165, 1.54) is 25.8 Å². The van der Waals surface area contributed by atoms with Gasteiger partial charge in [-0.05, 0) is 82.6 Å². The fourth-order valence-electron chi connectivity index (χ4n) is 5.01. The number of H-pyrrole nitrogens is 1. The summed E-state index contributed by atoms with van der Waals surface area (Å²) >= 11 is 6.07. The van der Waals surface area contributed by atoms with Crippen LogP contribution < -0.4 is 0 Å². The first-order valence-electron chi connectivity index (χ1n) is 10.9. The van der Waals surface area contributed by atoms with E-state index in [0.717, 1.165) is 48.3 Å². The fourth-order valence-corrected chi connectivity index (χ4v) is 5.18. The second kappa shape index (κ2) is 8.93. The molecule has 4 rings (SSSR count). The van der Waals surface area contributed by atoms with Crippen LogP contribution in [0, 0.1) is 17.8 Å². The molecular formula is C24H32ClN3O. The van der Waals surface area contributed by atoms with E-state index in [9.17, 15) is 4.79 Å². The van der Waals surface area contributed by atoms with Gasteiger partial charge in [0.1, 0.15) is 0 Å². The molecule has 1 amide bonds. The van der Waals surface area contributed by atoms with Crippen LogP contribution in [0.4, 0.5) is 0 Å². The molecule has 1 saturated heterocycles. The number of allylic oxidation sites excluding steroid dienone is 2. The minimum absolute atomic E-state index is 0.139. The molecule has 4 nitrogen and oxygen atoms in total. The monoisotopic (exact) mass is 413 g/mol. The minimum Gasteiger partial charge on any atom is -0.360 e. The van der Waals surface area contributed by atoms with Gasteiger partial charge in [-0.1, -0.05) is 29.8 Å². The fraction of sp³-hybridized carbons (Fsp3) is 0.542. The van der Waals surface area contributed by atoms with Crippen molar-refractivity contribution in [3.63, 3.8) is 0 Å². The lowest BCUT2D eigenvalue weighted by molar-refractivity contribution is 0.0662. The molecule has 29 heavy (non-hydrogen) atoms. The van der Waals surface area contributed by atoms with E-state index in [-0.39, 0.29) is 5.91 Å². The van der Waals surface area contributed by atoms with Gasteiger partial charge in [-0.25, -0.2) is 0 Å². The molecule has 156 valence electrons. The van der Waals surface area contributed by atoms with E-state index in [0.29, 0.717) is 16.9 Å². The molecule has 1 aliphatic carbocycles. The Hall–Kier alpha value is -1.78. The quantitative estimate of drug-likeness (QED) is 0.683. The predicted octanol–water partition coefficient (Wildman–Crippen LogP) is 5.21. The van der Waals surface area contributed by atoms with Gasteiger partial charge in [-0.3, -0.25) is 4.79 Å². The van der Waals surface area contributed by atoms with Gasteiger partial charge in [0.15, 0.2) is 0 Å². The molecule has 1 aromatic heterocycles. The van der Waals surface area contributed by atoms with Crippen molar-refractivity contribution in [3.05, 3.63) is 47.1 Å². The van der Waals surface area contributed by atoms with E-state index in [4.69, 9.17) is 11.6 Å². The van der Waals surface area contributed by atoms with Crippen LogP contribution >= 0.6 is 11.6 Å². The molecule has 2 aromatic rings. The largest absolute Gasteiger partial charge is 0.360 e. The van der Waals surface area contributed by atoms with Crippen molar-refractivity contribution in [2.24, 2.45) is 17.8 Å². The lowest BCUT2D eigenvalue weighted by Crippen LogP contribution is -2.40.